The summed E-state index contributed by atoms with van der Waals surface area (Å²) in [5.41, 5.74) is 2.21. The van der Waals surface area contributed by atoms with Gasteiger partial charge in [-0.3, -0.25) is 9.36 Å². The van der Waals surface area contributed by atoms with Crippen molar-refractivity contribution in [2.24, 2.45) is 0 Å². The van der Waals surface area contributed by atoms with Gasteiger partial charge in [-0.2, -0.15) is 0 Å². The van der Waals surface area contributed by atoms with E-state index in [9.17, 15) is 4.79 Å². The van der Waals surface area contributed by atoms with Gasteiger partial charge >= 0.3 is 0 Å². The van der Waals surface area contributed by atoms with Crippen molar-refractivity contribution in [3.05, 3.63) is 58.2 Å². The lowest BCUT2D eigenvalue weighted by Crippen LogP contribution is -2.17. The largest absolute Gasteiger partial charge is 0.385 e. The summed E-state index contributed by atoms with van der Waals surface area (Å²) in [5.74, 6) is 0. The van der Waals surface area contributed by atoms with E-state index in [1.165, 1.54) is 15.9 Å². The average Bonchev–Trinajstić information content (AvgIpc) is 3.07. The Bertz CT molecular complexity index is 1150. The van der Waals surface area contributed by atoms with Gasteiger partial charge in [0.05, 0.1) is 16.6 Å². The predicted molar refractivity (Wildman–Crippen MR) is 111 cm³/mol. The van der Waals surface area contributed by atoms with Crippen molar-refractivity contribution in [2.75, 3.05) is 25.6 Å². The fourth-order valence-electron chi connectivity index (χ4n) is 2.93. The van der Waals surface area contributed by atoms with Crippen molar-refractivity contribution < 1.29 is 4.74 Å². The number of thiophene rings is 1. The van der Waals surface area contributed by atoms with E-state index < -0.39 is 0 Å². The second-order valence-electron chi connectivity index (χ2n) is 5.99. The Morgan fingerprint density at radius 2 is 2.04 bits per heavy atom. The molecule has 0 aliphatic rings. The summed E-state index contributed by atoms with van der Waals surface area (Å²) < 4.78 is 7.20. The quantitative estimate of drug-likeness (QED) is 0.493. The molecule has 8 heteroatoms. The van der Waals surface area contributed by atoms with Crippen molar-refractivity contribution >= 4 is 49.1 Å². The maximum absolute atomic E-state index is 13.0. The van der Waals surface area contributed by atoms with E-state index in [2.05, 4.69) is 15.3 Å². The molecule has 1 N–H and O–H groups in total. The van der Waals surface area contributed by atoms with Gasteiger partial charge in [0.15, 0.2) is 0 Å². The molecule has 0 saturated heterocycles. The maximum Gasteiger partial charge on any atom is 0.275 e. The molecule has 6 nitrogen and oxygen atoms in total. The topological polar surface area (TPSA) is 69.0 Å². The van der Waals surface area contributed by atoms with E-state index in [0.717, 1.165) is 34.6 Å². The third-order valence-electron chi connectivity index (χ3n) is 4.23. The normalized spacial score (nSPS) is 11.3. The van der Waals surface area contributed by atoms with Crippen LogP contribution in [0.3, 0.4) is 0 Å². The Kier molecular flexibility index (Phi) is 5.07. The number of ether oxygens (including phenoxy) is 1. The van der Waals surface area contributed by atoms with E-state index in [1.807, 2.05) is 6.07 Å². The van der Waals surface area contributed by atoms with Crippen LogP contribution in [-0.4, -0.2) is 34.8 Å². The van der Waals surface area contributed by atoms with E-state index in [0.29, 0.717) is 21.8 Å². The van der Waals surface area contributed by atoms with E-state index in [1.54, 1.807) is 43.9 Å². The standard InChI is InChI=1S/C19H17ClN4O2S/c1-26-10-2-8-21-14-7-9-22-18-15(14)16-17(27-18)19(25)24(11-23-16)13-5-3-12(20)4-6-13/h3-7,9,11H,2,8,10H2,1H3,(H,21,22). The monoisotopic (exact) mass is 400 g/mol. The maximum atomic E-state index is 13.0. The minimum atomic E-state index is -0.115. The van der Waals surface area contributed by atoms with E-state index in [-0.39, 0.29) is 5.56 Å². The summed E-state index contributed by atoms with van der Waals surface area (Å²) in [6.07, 6.45) is 4.19. The van der Waals surface area contributed by atoms with Crippen LogP contribution in [0.25, 0.3) is 26.1 Å². The van der Waals surface area contributed by atoms with Crippen LogP contribution in [0.4, 0.5) is 5.69 Å². The summed E-state index contributed by atoms with van der Waals surface area (Å²) in [6.45, 7) is 1.46. The summed E-state index contributed by atoms with van der Waals surface area (Å²) in [5, 5.41) is 4.90. The fraction of sp³-hybridized carbons (Fsp3) is 0.211. The minimum Gasteiger partial charge on any atom is -0.385 e. The van der Waals surface area contributed by atoms with Gasteiger partial charge in [-0.05, 0) is 36.8 Å². The molecule has 0 saturated carbocycles. The number of anilines is 1. The first kappa shape index (κ1) is 17.9. The van der Waals surface area contributed by atoms with Crippen LogP contribution >= 0.6 is 22.9 Å². The Morgan fingerprint density at radius 1 is 1.22 bits per heavy atom. The van der Waals surface area contributed by atoms with Crippen LogP contribution in [0.1, 0.15) is 6.42 Å². The van der Waals surface area contributed by atoms with Crippen LogP contribution < -0.4 is 10.9 Å². The Hall–Kier alpha value is -2.48. The average molecular weight is 401 g/mol. The van der Waals surface area contributed by atoms with Gasteiger partial charge in [0, 0.05) is 37.2 Å². The van der Waals surface area contributed by atoms with Crippen LogP contribution in [0.2, 0.25) is 5.02 Å². The number of aromatic nitrogens is 3. The smallest absolute Gasteiger partial charge is 0.275 e. The van der Waals surface area contributed by atoms with Gasteiger partial charge in [0.2, 0.25) is 0 Å². The highest BCUT2D eigenvalue weighted by atomic mass is 35.5. The second kappa shape index (κ2) is 7.64. The Balaban J connectivity index is 1.81. The minimum absolute atomic E-state index is 0.115. The summed E-state index contributed by atoms with van der Waals surface area (Å²) in [4.78, 5) is 22.8. The lowest BCUT2D eigenvalue weighted by atomic mass is 10.2. The molecule has 138 valence electrons. The van der Waals surface area contributed by atoms with Crippen LogP contribution in [-0.2, 0) is 4.74 Å². The number of hydrogen-bond donors (Lipinski definition) is 1. The molecule has 4 aromatic rings. The van der Waals surface area contributed by atoms with Crippen molar-refractivity contribution in [3.63, 3.8) is 0 Å². The molecule has 27 heavy (non-hydrogen) atoms. The number of fused-ring (bicyclic) bond motifs is 3. The van der Waals surface area contributed by atoms with Crippen LogP contribution in [0.15, 0.2) is 47.7 Å². The lowest BCUT2D eigenvalue weighted by Gasteiger charge is -2.08. The highest BCUT2D eigenvalue weighted by molar-refractivity contribution is 7.25. The first-order valence-electron chi connectivity index (χ1n) is 8.46. The Morgan fingerprint density at radius 3 is 2.81 bits per heavy atom. The van der Waals surface area contributed by atoms with Gasteiger partial charge in [0.25, 0.3) is 5.56 Å². The molecular weight excluding hydrogens is 384 g/mol. The number of nitrogens with zero attached hydrogens (tertiary/aromatic N) is 3. The number of rotatable bonds is 6. The van der Waals surface area contributed by atoms with Crippen molar-refractivity contribution in [2.45, 2.75) is 6.42 Å². The molecule has 0 radical (unpaired) electrons. The first-order valence-corrected chi connectivity index (χ1v) is 9.66. The number of pyridine rings is 1. The zero-order valence-corrected chi connectivity index (χ0v) is 16.2. The molecule has 1 aromatic carbocycles. The summed E-state index contributed by atoms with van der Waals surface area (Å²) in [7, 11) is 1.69. The number of halogens is 1. The molecule has 0 bridgehead atoms. The molecule has 3 heterocycles. The molecule has 3 aromatic heterocycles. The summed E-state index contributed by atoms with van der Waals surface area (Å²) >= 11 is 7.30. The first-order chi connectivity index (χ1) is 13.2. The number of benzene rings is 1. The van der Waals surface area contributed by atoms with Crippen LogP contribution in [0, 0.1) is 0 Å². The second-order valence-corrected chi connectivity index (χ2v) is 7.42. The molecule has 0 unspecified atom stereocenters. The number of methoxy groups -OCH3 is 1. The van der Waals surface area contributed by atoms with Crippen molar-refractivity contribution in [1.82, 2.24) is 14.5 Å². The fourth-order valence-corrected chi connectivity index (χ4v) is 4.10. The van der Waals surface area contributed by atoms with Gasteiger partial charge < -0.3 is 10.1 Å². The third-order valence-corrected chi connectivity index (χ3v) is 5.55. The molecule has 0 fully saturated rings. The molecule has 0 aliphatic heterocycles. The van der Waals surface area contributed by atoms with Crippen molar-refractivity contribution in [1.29, 1.82) is 0 Å². The molecular formula is C19H17ClN4O2S. The molecule has 0 amide bonds. The van der Waals surface area contributed by atoms with Gasteiger partial charge in [-0.15, -0.1) is 11.3 Å². The summed E-state index contributed by atoms with van der Waals surface area (Å²) in [6, 6.07) is 9.01. The van der Waals surface area contributed by atoms with Gasteiger partial charge in [-0.1, -0.05) is 11.6 Å². The zero-order chi connectivity index (χ0) is 18.8. The molecule has 0 spiro atoms. The Labute approximate surface area is 164 Å². The zero-order valence-electron chi connectivity index (χ0n) is 14.6. The van der Waals surface area contributed by atoms with Crippen molar-refractivity contribution in [3.8, 4) is 5.69 Å². The highest BCUT2D eigenvalue weighted by Crippen LogP contribution is 2.34. The van der Waals surface area contributed by atoms with E-state index in [4.69, 9.17) is 16.3 Å². The number of nitrogens with one attached hydrogen (secondary N) is 1. The number of hydrogen-bond acceptors (Lipinski definition) is 6. The highest BCUT2D eigenvalue weighted by Gasteiger charge is 2.16. The third kappa shape index (κ3) is 3.41. The predicted octanol–water partition coefficient (Wildman–Crippen LogP) is 4.10. The van der Waals surface area contributed by atoms with Gasteiger partial charge in [0.1, 0.15) is 15.9 Å². The van der Waals surface area contributed by atoms with Gasteiger partial charge in [-0.25, -0.2) is 9.97 Å². The molecule has 4 rings (SSSR count). The molecule has 0 atom stereocenters. The van der Waals surface area contributed by atoms with E-state index >= 15 is 0 Å². The lowest BCUT2D eigenvalue weighted by molar-refractivity contribution is 0.198. The SMILES string of the molecule is COCCCNc1ccnc2sc3c(=O)n(-c4ccc(Cl)cc4)cnc3c12. The van der Waals surface area contributed by atoms with Crippen LogP contribution in [0.5, 0.6) is 0 Å². The molecule has 0 aliphatic carbocycles.